The second-order valence-corrected chi connectivity index (χ2v) is 5.30. The molecule has 0 aromatic heterocycles. The fourth-order valence-electron chi connectivity index (χ4n) is 2.05. The Balaban J connectivity index is 1.94. The number of carbonyl (C=O) groups is 1. The second-order valence-electron chi connectivity index (χ2n) is 5.30. The molecule has 1 amide bonds. The highest BCUT2D eigenvalue weighted by Crippen LogP contribution is 2.12. The van der Waals surface area contributed by atoms with Crippen LogP contribution in [0.1, 0.15) is 28.4 Å². The van der Waals surface area contributed by atoms with E-state index in [1.807, 2.05) is 30.3 Å². The molecule has 1 atom stereocenters. The average Bonchev–Trinajstić information content (AvgIpc) is 2.60. The normalized spacial score (nSPS) is 11.3. The van der Waals surface area contributed by atoms with Gasteiger partial charge in [0, 0.05) is 23.8 Å². The van der Waals surface area contributed by atoms with Crippen molar-refractivity contribution >= 4 is 11.6 Å². The van der Waals surface area contributed by atoms with Crippen molar-refractivity contribution in [3.63, 3.8) is 0 Å². The van der Waals surface area contributed by atoms with Gasteiger partial charge in [0.05, 0.1) is 18.2 Å². The smallest absolute Gasteiger partial charge is 0.251 e. The van der Waals surface area contributed by atoms with Crippen LogP contribution < -0.4 is 10.6 Å². The van der Waals surface area contributed by atoms with Gasteiger partial charge >= 0.3 is 0 Å². The van der Waals surface area contributed by atoms with E-state index < -0.39 is 0 Å². The zero-order valence-electron chi connectivity index (χ0n) is 12.9. The first-order valence-electron chi connectivity index (χ1n) is 7.37. The zero-order valence-corrected chi connectivity index (χ0v) is 12.9. The van der Waals surface area contributed by atoms with Crippen LogP contribution in [0.2, 0.25) is 0 Å². The molecule has 0 radical (unpaired) electrons. The molecule has 118 valence electrons. The molecule has 0 spiro atoms. The van der Waals surface area contributed by atoms with Gasteiger partial charge in [-0.2, -0.15) is 5.26 Å². The lowest BCUT2D eigenvalue weighted by atomic mass is 10.1. The summed E-state index contributed by atoms with van der Waals surface area (Å²) in [5, 5.41) is 23.8. The van der Waals surface area contributed by atoms with Crippen molar-refractivity contribution in [1.29, 1.82) is 5.26 Å². The standard InChI is InChI=1S/C18H19N3O2/c1-13(12-22)21-18(23)16-5-7-17(8-6-16)20-11-15-4-2-3-14(9-15)10-19/h2-9,13,20,22H,11-12H2,1H3,(H,21,23). The van der Waals surface area contributed by atoms with E-state index in [-0.39, 0.29) is 18.6 Å². The molecule has 0 aliphatic rings. The van der Waals surface area contributed by atoms with Crippen molar-refractivity contribution in [2.45, 2.75) is 19.5 Å². The molecule has 0 heterocycles. The van der Waals surface area contributed by atoms with Crippen LogP contribution in [0.4, 0.5) is 5.69 Å². The summed E-state index contributed by atoms with van der Waals surface area (Å²) in [6.07, 6.45) is 0. The van der Waals surface area contributed by atoms with Crippen molar-refractivity contribution in [2.75, 3.05) is 11.9 Å². The zero-order chi connectivity index (χ0) is 16.7. The summed E-state index contributed by atoms with van der Waals surface area (Å²) in [6.45, 7) is 2.25. The molecule has 2 aromatic carbocycles. The first kappa shape index (κ1) is 16.5. The van der Waals surface area contributed by atoms with Crippen molar-refractivity contribution in [2.24, 2.45) is 0 Å². The maximum atomic E-state index is 11.9. The number of rotatable bonds is 6. The Morgan fingerprint density at radius 1 is 1.26 bits per heavy atom. The summed E-state index contributed by atoms with van der Waals surface area (Å²) in [6, 6.07) is 16.4. The average molecular weight is 309 g/mol. The lowest BCUT2D eigenvalue weighted by Crippen LogP contribution is -2.34. The number of nitriles is 1. The number of nitrogens with one attached hydrogen (secondary N) is 2. The molecule has 23 heavy (non-hydrogen) atoms. The van der Waals surface area contributed by atoms with Gasteiger partial charge in [0.25, 0.3) is 5.91 Å². The van der Waals surface area contributed by atoms with E-state index in [0.29, 0.717) is 17.7 Å². The summed E-state index contributed by atoms with van der Waals surface area (Å²) < 4.78 is 0. The van der Waals surface area contributed by atoms with Gasteiger partial charge in [-0.15, -0.1) is 0 Å². The van der Waals surface area contributed by atoms with Crippen molar-refractivity contribution in [1.82, 2.24) is 5.32 Å². The lowest BCUT2D eigenvalue weighted by Gasteiger charge is -2.11. The van der Waals surface area contributed by atoms with E-state index in [2.05, 4.69) is 16.7 Å². The van der Waals surface area contributed by atoms with Crippen LogP contribution in [0.25, 0.3) is 0 Å². The SMILES string of the molecule is CC(CO)NC(=O)c1ccc(NCc2cccc(C#N)c2)cc1. The molecule has 0 fully saturated rings. The topological polar surface area (TPSA) is 85.2 Å². The predicted molar refractivity (Wildman–Crippen MR) is 88.9 cm³/mol. The van der Waals surface area contributed by atoms with Crippen LogP contribution in [0, 0.1) is 11.3 Å². The number of hydrogen-bond donors (Lipinski definition) is 3. The number of anilines is 1. The van der Waals surface area contributed by atoms with Gasteiger partial charge in [-0.05, 0) is 48.9 Å². The summed E-state index contributed by atoms with van der Waals surface area (Å²) in [7, 11) is 0. The van der Waals surface area contributed by atoms with Crippen LogP contribution in [-0.4, -0.2) is 23.7 Å². The van der Waals surface area contributed by atoms with E-state index in [1.165, 1.54) is 0 Å². The van der Waals surface area contributed by atoms with Crippen molar-refractivity contribution in [3.05, 3.63) is 65.2 Å². The van der Waals surface area contributed by atoms with Gasteiger partial charge in [0.15, 0.2) is 0 Å². The third-order valence-electron chi connectivity index (χ3n) is 3.35. The Bertz CT molecular complexity index is 705. The second kappa shape index (κ2) is 7.97. The molecule has 1 unspecified atom stereocenters. The van der Waals surface area contributed by atoms with E-state index >= 15 is 0 Å². The monoisotopic (exact) mass is 309 g/mol. The molecular weight excluding hydrogens is 290 g/mol. The molecule has 0 aliphatic carbocycles. The molecule has 2 rings (SSSR count). The van der Waals surface area contributed by atoms with Crippen LogP contribution in [0.15, 0.2) is 48.5 Å². The van der Waals surface area contributed by atoms with E-state index in [1.54, 1.807) is 25.1 Å². The fourth-order valence-corrected chi connectivity index (χ4v) is 2.05. The predicted octanol–water partition coefficient (Wildman–Crippen LogP) is 2.28. The van der Waals surface area contributed by atoms with Crippen LogP contribution >= 0.6 is 0 Å². The first-order chi connectivity index (χ1) is 11.1. The number of hydrogen-bond acceptors (Lipinski definition) is 4. The Kier molecular flexibility index (Phi) is 5.73. The maximum absolute atomic E-state index is 11.9. The van der Waals surface area contributed by atoms with Gasteiger partial charge in [0.2, 0.25) is 0 Å². The highest BCUT2D eigenvalue weighted by atomic mass is 16.3. The summed E-state index contributed by atoms with van der Waals surface area (Å²) in [5.41, 5.74) is 3.08. The number of benzene rings is 2. The number of carbonyl (C=O) groups excluding carboxylic acids is 1. The third-order valence-corrected chi connectivity index (χ3v) is 3.35. The van der Waals surface area contributed by atoms with Gasteiger partial charge in [-0.25, -0.2) is 0 Å². The highest BCUT2D eigenvalue weighted by molar-refractivity contribution is 5.94. The number of aliphatic hydroxyl groups is 1. The molecule has 2 aromatic rings. The molecule has 0 saturated heterocycles. The number of amides is 1. The molecule has 0 bridgehead atoms. The first-order valence-corrected chi connectivity index (χ1v) is 7.37. The van der Waals surface area contributed by atoms with Gasteiger partial charge in [-0.3, -0.25) is 4.79 Å². The van der Waals surface area contributed by atoms with Crippen LogP contribution in [-0.2, 0) is 6.54 Å². The molecule has 5 heteroatoms. The highest BCUT2D eigenvalue weighted by Gasteiger charge is 2.08. The van der Waals surface area contributed by atoms with E-state index in [0.717, 1.165) is 11.3 Å². The summed E-state index contributed by atoms with van der Waals surface area (Å²) in [4.78, 5) is 11.9. The van der Waals surface area contributed by atoms with E-state index in [9.17, 15) is 4.79 Å². The molecule has 3 N–H and O–H groups in total. The fraction of sp³-hybridized carbons (Fsp3) is 0.222. The molecular formula is C18H19N3O2. The Hall–Kier alpha value is -2.84. The van der Waals surface area contributed by atoms with Crippen LogP contribution in [0.5, 0.6) is 0 Å². The van der Waals surface area contributed by atoms with Crippen molar-refractivity contribution < 1.29 is 9.90 Å². The van der Waals surface area contributed by atoms with Gasteiger partial charge in [-0.1, -0.05) is 12.1 Å². The Labute approximate surface area is 135 Å². The minimum Gasteiger partial charge on any atom is -0.394 e. The Morgan fingerprint density at radius 3 is 2.65 bits per heavy atom. The third kappa shape index (κ3) is 4.83. The van der Waals surface area contributed by atoms with Crippen molar-refractivity contribution in [3.8, 4) is 6.07 Å². The number of aliphatic hydroxyl groups excluding tert-OH is 1. The minimum atomic E-state index is -0.271. The minimum absolute atomic E-state index is 0.0901. The van der Waals surface area contributed by atoms with E-state index in [4.69, 9.17) is 10.4 Å². The summed E-state index contributed by atoms with van der Waals surface area (Å²) >= 11 is 0. The molecule has 0 aliphatic heterocycles. The van der Waals surface area contributed by atoms with Gasteiger partial charge < -0.3 is 15.7 Å². The Morgan fingerprint density at radius 2 is 2.00 bits per heavy atom. The maximum Gasteiger partial charge on any atom is 0.251 e. The number of nitrogens with zero attached hydrogens (tertiary/aromatic N) is 1. The lowest BCUT2D eigenvalue weighted by molar-refractivity contribution is 0.0922. The van der Waals surface area contributed by atoms with Gasteiger partial charge in [0.1, 0.15) is 0 Å². The largest absolute Gasteiger partial charge is 0.394 e. The molecule has 5 nitrogen and oxygen atoms in total. The van der Waals surface area contributed by atoms with Crippen LogP contribution in [0.3, 0.4) is 0 Å². The quantitative estimate of drug-likeness (QED) is 0.764. The summed E-state index contributed by atoms with van der Waals surface area (Å²) in [5.74, 6) is -0.208. The molecule has 0 saturated carbocycles.